The standard InChI is InChI=1S/C19H23NO/c1-15(14-16-9-11-18(21)12-10-16)20-13-5-8-19(20)17-6-3-2-4-7-17/h2-4,6-7,9-12,15,19,21H,5,8,13-14H2,1H3. The van der Waals surface area contributed by atoms with Crippen LogP contribution in [0.1, 0.15) is 36.9 Å². The molecule has 1 aliphatic heterocycles. The van der Waals surface area contributed by atoms with E-state index in [1.165, 1.54) is 30.5 Å². The van der Waals surface area contributed by atoms with E-state index in [2.05, 4.69) is 42.2 Å². The van der Waals surface area contributed by atoms with Crippen LogP contribution in [0.15, 0.2) is 54.6 Å². The molecule has 2 aromatic carbocycles. The summed E-state index contributed by atoms with van der Waals surface area (Å²) in [5, 5.41) is 9.38. The molecular formula is C19H23NO. The van der Waals surface area contributed by atoms with Crippen molar-refractivity contribution in [3.05, 3.63) is 65.7 Å². The van der Waals surface area contributed by atoms with Crippen LogP contribution in [0, 0.1) is 0 Å². The van der Waals surface area contributed by atoms with E-state index in [4.69, 9.17) is 0 Å². The summed E-state index contributed by atoms with van der Waals surface area (Å²) >= 11 is 0. The van der Waals surface area contributed by atoms with E-state index in [0.717, 1.165) is 6.42 Å². The molecule has 21 heavy (non-hydrogen) atoms. The number of phenolic OH excluding ortho intramolecular Hbond substituents is 1. The summed E-state index contributed by atoms with van der Waals surface area (Å²) in [6.07, 6.45) is 3.56. The van der Waals surface area contributed by atoms with Crippen LogP contribution in [0.3, 0.4) is 0 Å². The Morgan fingerprint density at radius 1 is 1.10 bits per heavy atom. The molecule has 2 aromatic rings. The molecule has 110 valence electrons. The van der Waals surface area contributed by atoms with Gasteiger partial charge in [-0.1, -0.05) is 42.5 Å². The van der Waals surface area contributed by atoms with E-state index in [1.807, 2.05) is 12.1 Å². The van der Waals surface area contributed by atoms with Crippen LogP contribution in [0.2, 0.25) is 0 Å². The first kappa shape index (κ1) is 14.2. The fourth-order valence-corrected chi connectivity index (χ4v) is 3.44. The van der Waals surface area contributed by atoms with Crippen molar-refractivity contribution in [3.8, 4) is 5.75 Å². The quantitative estimate of drug-likeness (QED) is 0.909. The van der Waals surface area contributed by atoms with Crippen LogP contribution in [0.4, 0.5) is 0 Å². The molecule has 0 aliphatic carbocycles. The summed E-state index contributed by atoms with van der Waals surface area (Å²) in [6.45, 7) is 3.49. The van der Waals surface area contributed by atoms with E-state index in [0.29, 0.717) is 17.8 Å². The minimum atomic E-state index is 0.342. The SMILES string of the molecule is CC(Cc1ccc(O)cc1)N1CCCC1c1ccccc1. The molecule has 2 heteroatoms. The van der Waals surface area contributed by atoms with Crippen molar-refractivity contribution in [1.82, 2.24) is 4.90 Å². The minimum absolute atomic E-state index is 0.342. The molecule has 2 atom stereocenters. The van der Waals surface area contributed by atoms with Gasteiger partial charge in [0, 0.05) is 12.1 Å². The van der Waals surface area contributed by atoms with Gasteiger partial charge in [0.15, 0.2) is 0 Å². The van der Waals surface area contributed by atoms with Gasteiger partial charge in [0.2, 0.25) is 0 Å². The molecule has 1 heterocycles. The van der Waals surface area contributed by atoms with Crippen molar-refractivity contribution in [1.29, 1.82) is 0 Å². The molecule has 0 aromatic heterocycles. The number of likely N-dealkylation sites (tertiary alicyclic amines) is 1. The molecular weight excluding hydrogens is 258 g/mol. The number of rotatable bonds is 4. The number of nitrogens with zero attached hydrogens (tertiary/aromatic N) is 1. The molecule has 0 saturated carbocycles. The topological polar surface area (TPSA) is 23.5 Å². The van der Waals surface area contributed by atoms with Crippen LogP contribution in [-0.2, 0) is 6.42 Å². The molecule has 1 fully saturated rings. The van der Waals surface area contributed by atoms with Crippen LogP contribution in [-0.4, -0.2) is 22.6 Å². The Morgan fingerprint density at radius 3 is 2.52 bits per heavy atom. The lowest BCUT2D eigenvalue weighted by atomic mass is 10.0. The molecule has 0 radical (unpaired) electrons. The van der Waals surface area contributed by atoms with Crippen LogP contribution >= 0.6 is 0 Å². The smallest absolute Gasteiger partial charge is 0.115 e. The van der Waals surface area contributed by atoms with Gasteiger partial charge in [-0.3, -0.25) is 4.90 Å². The van der Waals surface area contributed by atoms with E-state index >= 15 is 0 Å². The highest BCUT2D eigenvalue weighted by atomic mass is 16.3. The predicted octanol–water partition coefficient (Wildman–Crippen LogP) is 4.16. The monoisotopic (exact) mass is 281 g/mol. The van der Waals surface area contributed by atoms with Gasteiger partial charge in [0.05, 0.1) is 0 Å². The van der Waals surface area contributed by atoms with Crippen molar-refractivity contribution in [2.45, 2.75) is 38.3 Å². The van der Waals surface area contributed by atoms with Gasteiger partial charge in [-0.15, -0.1) is 0 Å². The van der Waals surface area contributed by atoms with Crippen molar-refractivity contribution in [2.75, 3.05) is 6.54 Å². The summed E-state index contributed by atoms with van der Waals surface area (Å²) in [4.78, 5) is 2.63. The molecule has 2 unspecified atom stereocenters. The van der Waals surface area contributed by atoms with Crippen LogP contribution in [0.5, 0.6) is 5.75 Å². The fourth-order valence-electron chi connectivity index (χ4n) is 3.44. The van der Waals surface area contributed by atoms with Gasteiger partial charge in [0.25, 0.3) is 0 Å². The average molecular weight is 281 g/mol. The van der Waals surface area contributed by atoms with Gasteiger partial charge in [0.1, 0.15) is 5.75 Å². The highest BCUT2D eigenvalue weighted by Crippen LogP contribution is 2.34. The Bertz CT molecular complexity index is 564. The summed E-state index contributed by atoms with van der Waals surface area (Å²) in [5.74, 6) is 0.342. The van der Waals surface area contributed by atoms with Gasteiger partial charge in [-0.25, -0.2) is 0 Å². The Kier molecular flexibility index (Phi) is 4.26. The maximum absolute atomic E-state index is 9.38. The van der Waals surface area contributed by atoms with Crippen molar-refractivity contribution in [2.24, 2.45) is 0 Å². The molecule has 1 N–H and O–H groups in total. The minimum Gasteiger partial charge on any atom is -0.508 e. The van der Waals surface area contributed by atoms with E-state index in [1.54, 1.807) is 12.1 Å². The average Bonchev–Trinajstić information content (AvgIpc) is 3.00. The number of hydrogen-bond acceptors (Lipinski definition) is 2. The summed E-state index contributed by atoms with van der Waals surface area (Å²) < 4.78 is 0. The molecule has 3 rings (SSSR count). The van der Waals surface area contributed by atoms with Gasteiger partial charge in [-0.2, -0.15) is 0 Å². The summed E-state index contributed by atoms with van der Waals surface area (Å²) in [7, 11) is 0. The molecule has 1 saturated heterocycles. The third kappa shape index (κ3) is 3.27. The number of phenols is 1. The van der Waals surface area contributed by atoms with Crippen molar-refractivity contribution in [3.63, 3.8) is 0 Å². The normalized spacial score (nSPS) is 20.5. The molecule has 2 nitrogen and oxygen atoms in total. The van der Waals surface area contributed by atoms with E-state index in [-0.39, 0.29) is 0 Å². The molecule has 1 aliphatic rings. The number of hydrogen-bond donors (Lipinski definition) is 1. The second kappa shape index (κ2) is 6.31. The highest BCUT2D eigenvalue weighted by Gasteiger charge is 2.29. The van der Waals surface area contributed by atoms with Gasteiger partial charge >= 0.3 is 0 Å². The van der Waals surface area contributed by atoms with Gasteiger partial charge in [-0.05, 0) is 56.0 Å². The second-order valence-corrected chi connectivity index (χ2v) is 6.03. The van der Waals surface area contributed by atoms with Crippen molar-refractivity contribution >= 4 is 0 Å². The van der Waals surface area contributed by atoms with Crippen LogP contribution < -0.4 is 0 Å². The number of aromatic hydroxyl groups is 1. The van der Waals surface area contributed by atoms with E-state index < -0.39 is 0 Å². The Balaban J connectivity index is 1.71. The first-order valence-electron chi connectivity index (χ1n) is 7.82. The molecule has 0 amide bonds. The van der Waals surface area contributed by atoms with Crippen LogP contribution in [0.25, 0.3) is 0 Å². The number of benzene rings is 2. The Labute approximate surface area is 127 Å². The Hall–Kier alpha value is -1.80. The molecule has 0 bridgehead atoms. The lowest BCUT2D eigenvalue weighted by Gasteiger charge is -2.31. The summed E-state index contributed by atoms with van der Waals surface area (Å²) in [5.41, 5.74) is 2.73. The van der Waals surface area contributed by atoms with Crippen molar-refractivity contribution < 1.29 is 5.11 Å². The second-order valence-electron chi connectivity index (χ2n) is 6.03. The molecule has 0 spiro atoms. The Morgan fingerprint density at radius 2 is 1.81 bits per heavy atom. The zero-order valence-corrected chi connectivity index (χ0v) is 12.6. The maximum Gasteiger partial charge on any atom is 0.115 e. The highest BCUT2D eigenvalue weighted by molar-refractivity contribution is 5.27. The largest absolute Gasteiger partial charge is 0.508 e. The zero-order chi connectivity index (χ0) is 14.7. The fraction of sp³-hybridized carbons (Fsp3) is 0.368. The lowest BCUT2D eigenvalue weighted by Crippen LogP contribution is -2.34. The third-order valence-corrected chi connectivity index (χ3v) is 4.51. The lowest BCUT2D eigenvalue weighted by molar-refractivity contribution is 0.191. The zero-order valence-electron chi connectivity index (χ0n) is 12.6. The predicted molar refractivity (Wildman–Crippen MR) is 86.4 cm³/mol. The maximum atomic E-state index is 9.38. The first-order valence-corrected chi connectivity index (χ1v) is 7.82. The summed E-state index contributed by atoms with van der Waals surface area (Å²) in [6, 6.07) is 19.5. The van der Waals surface area contributed by atoms with Gasteiger partial charge < -0.3 is 5.11 Å². The third-order valence-electron chi connectivity index (χ3n) is 4.51. The first-order chi connectivity index (χ1) is 10.2. The van der Waals surface area contributed by atoms with E-state index in [9.17, 15) is 5.11 Å².